The monoisotopic (exact) mass is 254 g/mol. The summed E-state index contributed by atoms with van der Waals surface area (Å²) in [4.78, 5) is 2.84. The molecule has 0 bridgehead atoms. The van der Waals surface area contributed by atoms with Crippen LogP contribution >= 0.6 is 11.8 Å². The van der Waals surface area contributed by atoms with Crippen molar-refractivity contribution in [3.05, 3.63) is 0 Å². The van der Waals surface area contributed by atoms with Crippen LogP contribution in [0.2, 0.25) is 0 Å². The van der Waals surface area contributed by atoms with Crippen molar-refractivity contribution in [1.82, 2.24) is 10.2 Å². The fourth-order valence-corrected chi connectivity index (χ4v) is 5.49. The van der Waals surface area contributed by atoms with Gasteiger partial charge >= 0.3 is 0 Å². The van der Waals surface area contributed by atoms with Gasteiger partial charge in [-0.05, 0) is 49.4 Å². The minimum atomic E-state index is 0.545. The van der Waals surface area contributed by atoms with Gasteiger partial charge in [0.05, 0.1) is 0 Å². The summed E-state index contributed by atoms with van der Waals surface area (Å²) in [6.07, 6.45) is 1.40. The molecule has 0 aromatic carbocycles. The first kappa shape index (κ1) is 12.3. The van der Waals surface area contributed by atoms with E-state index in [-0.39, 0.29) is 0 Å². The van der Waals surface area contributed by atoms with E-state index in [2.05, 4.69) is 42.7 Å². The Balaban J connectivity index is 1.69. The number of nitrogens with one attached hydrogen (secondary N) is 1. The van der Waals surface area contributed by atoms with Gasteiger partial charge in [-0.25, -0.2) is 0 Å². The van der Waals surface area contributed by atoms with Gasteiger partial charge in [-0.2, -0.15) is 11.8 Å². The third-order valence-corrected chi connectivity index (χ3v) is 6.65. The lowest BCUT2D eigenvalue weighted by Gasteiger charge is -2.41. The van der Waals surface area contributed by atoms with E-state index in [0.717, 1.165) is 23.9 Å². The second-order valence-corrected chi connectivity index (χ2v) is 8.09. The highest BCUT2D eigenvalue weighted by Crippen LogP contribution is 2.41. The summed E-state index contributed by atoms with van der Waals surface area (Å²) >= 11 is 2.17. The Bertz CT molecular complexity index is 292. The molecule has 3 fully saturated rings. The first-order chi connectivity index (χ1) is 8.07. The fourth-order valence-electron chi connectivity index (χ4n) is 4.12. The minimum absolute atomic E-state index is 0.545. The molecule has 4 atom stereocenters. The van der Waals surface area contributed by atoms with E-state index in [0.29, 0.717) is 5.41 Å². The van der Waals surface area contributed by atoms with Crippen molar-refractivity contribution >= 4 is 11.8 Å². The number of rotatable bonds is 1. The quantitative estimate of drug-likeness (QED) is 0.771. The molecule has 0 aromatic heterocycles. The van der Waals surface area contributed by atoms with E-state index in [1.807, 2.05) is 0 Å². The lowest BCUT2D eigenvalue weighted by atomic mass is 9.87. The molecule has 2 nitrogen and oxygen atoms in total. The molecule has 3 rings (SSSR count). The van der Waals surface area contributed by atoms with Crippen LogP contribution < -0.4 is 5.32 Å². The highest BCUT2D eigenvalue weighted by Gasteiger charge is 2.45. The Kier molecular flexibility index (Phi) is 3.21. The zero-order valence-corrected chi connectivity index (χ0v) is 12.2. The lowest BCUT2D eigenvalue weighted by molar-refractivity contribution is 0.140. The van der Waals surface area contributed by atoms with Gasteiger partial charge in [0, 0.05) is 24.4 Å². The number of fused-ring (bicyclic) bond motifs is 1. The van der Waals surface area contributed by atoms with Crippen LogP contribution in [0.1, 0.15) is 27.2 Å². The van der Waals surface area contributed by atoms with Crippen LogP contribution in [0.25, 0.3) is 0 Å². The van der Waals surface area contributed by atoms with E-state index in [1.54, 1.807) is 0 Å². The Hall–Kier alpha value is 0.270. The first-order valence-electron chi connectivity index (χ1n) is 7.11. The van der Waals surface area contributed by atoms with E-state index in [4.69, 9.17) is 0 Å². The molecule has 3 heterocycles. The van der Waals surface area contributed by atoms with Gasteiger partial charge in [-0.15, -0.1) is 0 Å². The molecule has 0 amide bonds. The van der Waals surface area contributed by atoms with E-state index in [1.165, 1.54) is 37.6 Å². The van der Waals surface area contributed by atoms with E-state index < -0.39 is 0 Å². The molecule has 0 spiro atoms. The Labute approximate surface area is 110 Å². The zero-order chi connectivity index (χ0) is 12.0. The van der Waals surface area contributed by atoms with Crippen molar-refractivity contribution in [1.29, 1.82) is 0 Å². The topological polar surface area (TPSA) is 15.3 Å². The van der Waals surface area contributed by atoms with Crippen LogP contribution in [0.3, 0.4) is 0 Å². The van der Waals surface area contributed by atoms with Gasteiger partial charge in [-0.3, -0.25) is 4.90 Å². The maximum atomic E-state index is 3.56. The highest BCUT2D eigenvalue weighted by atomic mass is 32.2. The lowest BCUT2D eigenvalue weighted by Crippen LogP contribution is -2.47. The predicted molar refractivity (Wildman–Crippen MR) is 75.5 cm³/mol. The summed E-state index contributed by atoms with van der Waals surface area (Å²) in [7, 11) is 0. The Morgan fingerprint density at radius 2 is 2.12 bits per heavy atom. The summed E-state index contributed by atoms with van der Waals surface area (Å²) in [5, 5.41) is 3.56. The molecule has 0 aromatic rings. The minimum Gasteiger partial charge on any atom is -0.316 e. The molecule has 3 aliphatic heterocycles. The van der Waals surface area contributed by atoms with Crippen molar-refractivity contribution in [3.63, 3.8) is 0 Å². The molecular formula is C14H26N2S. The fraction of sp³-hybridized carbons (Fsp3) is 1.00. The number of nitrogens with zero attached hydrogens (tertiary/aromatic N) is 1. The molecule has 3 saturated heterocycles. The number of hydrogen-bond acceptors (Lipinski definition) is 3. The maximum absolute atomic E-state index is 3.56. The van der Waals surface area contributed by atoms with Gasteiger partial charge in [0.25, 0.3) is 0 Å². The zero-order valence-electron chi connectivity index (χ0n) is 11.4. The summed E-state index contributed by atoms with van der Waals surface area (Å²) in [5.74, 6) is 4.56. The number of likely N-dealkylation sites (tertiary alicyclic amines) is 1. The van der Waals surface area contributed by atoms with Gasteiger partial charge < -0.3 is 5.32 Å². The molecule has 3 heteroatoms. The molecule has 0 aliphatic carbocycles. The largest absolute Gasteiger partial charge is 0.316 e. The van der Waals surface area contributed by atoms with Crippen LogP contribution in [-0.2, 0) is 0 Å². The SMILES string of the molecule is CC1C2CNCC2CN1C1CSCC(C)(C)C1. The van der Waals surface area contributed by atoms with E-state index >= 15 is 0 Å². The summed E-state index contributed by atoms with van der Waals surface area (Å²) in [6.45, 7) is 11.2. The third-order valence-electron chi connectivity index (χ3n) is 5.04. The second kappa shape index (κ2) is 4.43. The maximum Gasteiger partial charge on any atom is 0.0194 e. The molecule has 98 valence electrons. The Morgan fingerprint density at radius 3 is 2.82 bits per heavy atom. The number of thioether (sulfide) groups is 1. The van der Waals surface area contributed by atoms with Crippen molar-refractivity contribution in [2.45, 2.75) is 39.3 Å². The average Bonchev–Trinajstić information content (AvgIpc) is 2.80. The number of hydrogen-bond donors (Lipinski definition) is 1. The Morgan fingerprint density at radius 1 is 1.29 bits per heavy atom. The second-order valence-electron chi connectivity index (χ2n) is 7.06. The van der Waals surface area contributed by atoms with Crippen molar-refractivity contribution in [3.8, 4) is 0 Å². The van der Waals surface area contributed by atoms with Crippen molar-refractivity contribution in [2.24, 2.45) is 17.3 Å². The first-order valence-corrected chi connectivity index (χ1v) is 8.26. The van der Waals surface area contributed by atoms with Crippen molar-refractivity contribution in [2.75, 3.05) is 31.1 Å². The van der Waals surface area contributed by atoms with Gasteiger partial charge in [0.15, 0.2) is 0 Å². The van der Waals surface area contributed by atoms with Crippen LogP contribution in [-0.4, -0.2) is 48.1 Å². The molecule has 0 saturated carbocycles. The van der Waals surface area contributed by atoms with Gasteiger partial charge in [-0.1, -0.05) is 13.8 Å². The van der Waals surface area contributed by atoms with Crippen LogP contribution in [0.4, 0.5) is 0 Å². The van der Waals surface area contributed by atoms with Crippen LogP contribution in [0.5, 0.6) is 0 Å². The normalized spacial score (nSPS) is 46.1. The van der Waals surface area contributed by atoms with Gasteiger partial charge in [0.1, 0.15) is 0 Å². The highest BCUT2D eigenvalue weighted by molar-refractivity contribution is 7.99. The summed E-state index contributed by atoms with van der Waals surface area (Å²) in [6, 6.07) is 1.64. The average molecular weight is 254 g/mol. The molecule has 3 aliphatic rings. The van der Waals surface area contributed by atoms with Crippen LogP contribution in [0, 0.1) is 17.3 Å². The third kappa shape index (κ3) is 2.26. The van der Waals surface area contributed by atoms with E-state index in [9.17, 15) is 0 Å². The summed E-state index contributed by atoms with van der Waals surface area (Å²) < 4.78 is 0. The molecule has 4 unspecified atom stereocenters. The molecular weight excluding hydrogens is 228 g/mol. The standard InChI is InChI=1S/C14H26N2S/c1-10-13-6-15-5-11(13)7-16(10)12-4-14(2,3)9-17-8-12/h10-13,15H,4-9H2,1-3H3. The molecule has 1 N–H and O–H groups in total. The van der Waals surface area contributed by atoms with Gasteiger partial charge in [0.2, 0.25) is 0 Å². The van der Waals surface area contributed by atoms with Crippen molar-refractivity contribution < 1.29 is 0 Å². The molecule has 0 radical (unpaired) electrons. The smallest absolute Gasteiger partial charge is 0.0194 e. The summed E-state index contributed by atoms with van der Waals surface area (Å²) in [5.41, 5.74) is 0.545. The predicted octanol–water partition coefficient (Wildman–Crippen LogP) is 2.06. The van der Waals surface area contributed by atoms with Crippen LogP contribution in [0.15, 0.2) is 0 Å². The molecule has 17 heavy (non-hydrogen) atoms.